The molecule has 114 valence electrons. The van der Waals surface area contributed by atoms with E-state index < -0.39 is 11.0 Å². The maximum absolute atomic E-state index is 12.5. The Balaban J connectivity index is 2.19. The summed E-state index contributed by atoms with van der Waals surface area (Å²) < 4.78 is 0. The summed E-state index contributed by atoms with van der Waals surface area (Å²) in [4.78, 5) is 24.4. The molecule has 1 saturated heterocycles. The Kier molecular flexibility index (Phi) is 4.80. The maximum Gasteiger partial charge on any atom is 0.287 e. The zero-order chi connectivity index (χ0) is 15.6. The van der Waals surface area contributed by atoms with Gasteiger partial charge >= 0.3 is 0 Å². The van der Waals surface area contributed by atoms with Crippen molar-refractivity contribution in [3.05, 3.63) is 38.9 Å². The molecule has 0 aromatic heterocycles. The van der Waals surface area contributed by atoms with Crippen LogP contribution >= 0.6 is 11.6 Å². The Labute approximate surface area is 127 Å². The molecule has 7 heteroatoms. The summed E-state index contributed by atoms with van der Waals surface area (Å²) in [6.45, 7) is 2.33. The molecule has 1 fully saturated rings. The summed E-state index contributed by atoms with van der Waals surface area (Å²) in [5, 5.41) is 20.2. The Morgan fingerprint density at radius 1 is 1.62 bits per heavy atom. The second kappa shape index (κ2) is 6.41. The minimum absolute atomic E-state index is 0.00599. The highest BCUT2D eigenvalue weighted by Gasteiger charge is 2.30. The SMILES string of the molecule is C[C@H](O)C[C@H]1CCCN1C(=O)c1ccc([N+](=O)[O-])c(Cl)c1. The van der Waals surface area contributed by atoms with Crippen molar-refractivity contribution >= 4 is 23.2 Å². The Bertz CT molecular complexity index is 562. The number of carbonyl (C=O) groups is 1. The summed E-state index contributed by atoms with van der Waals surface area (Å²) in [6, 6.07) is 4.01. The van der Waals surface area contributed by atoms with Crippen LogP contribution in [0.4, 0.5) is 5.69 Å². The number of amides is 1. The molecule has 1 heterocycles. The predicted molar refractivity (Wildman–Crippen MR) is 78.5 cm³/mol. The van der Waals surface area contributed by atoms with Crippen molar-refractivity contribution in [1.82, 2.24) is 4.90 Å². The number of nitro benzene ring substituents is 1. The second-order valence-electron chi connectivity index (χ2n) is 5.30. The molecule has 1 N–H and O–H groups in total. The van der Waals surface area contributed by atoms with Gasteiger partial charge in [0, 0.05) is 24.2 Å². The zero-order valence-electron chi connectivity index (χ0n) is 11.7. The monoisotopic (exact) mass is 312 g/mol. The van der Waals surface area contributed by atoms with E-state index in [0.29, 0.717) is 18.5 Å². The van der Waals surface area contributed by atoms with Crippen LogP contribution in [0, 0.1) is 10.1 Å². The van der Waals surface area contributed by atoms with Crippen molar-refractivity contribution in [2.45, 2.75) is 38.3 Å². The molecule has 0 spiro atoms. The molecule has 0 saturated carbocycles. The Morgan fingerprint density at radius 2 is 2.33 bits per heavy atom. The van der Waals surface area contributed by atoms with Crippen LogP contribution in [0.15, 0.2) is 18.2 Å². The highest BCUT2D eigenvalue weighted by molar-refractivity contribution is 6.33. The van der Waals surface area contributed by atoms with Gasteiger partial charge in [0.15, 0.2) is 0 Å². The molecular formula is C14H17ClN2O4. The number of aliphatic hydroxyl groups is 1. The van der Waals surface area contributed by atoms with Crippen LogP contribution in [0.2, 0.25) is 5.02 Å². The summed E-state index contributed by atoms with van der Waals surface area (Å²) in [5.74, 6) is -0.199. The molecule has 1 amide bonds. The number of aliphatic hydroxyl groups excluding tert-OH is 1. The van der Waals surface area contributed by atoms with E-state index in [-0.39, 0.29) is 22.7 Å². The second-order valence-corrected chi connectivity index (χ2v) is 5.71. The van der Waals surface area contributed by atoms with Gasteiger partial charge in [0.1, 0.15) is 5.02 Å². The first-order valence-electron chi connectivity index (χ1n) is 6.83. The van der Waals surface area contributed by atoms with E-state index in [0.717, 1.165) is 12.8 Å². The smallest absolute Gasteiger partial charge is 0.287 e. The van der Waals surface area contributed by atoms with Crippen molar-refractivity contribution in [2.24, 2.45) is 0 Å². The molecule has 1 aromatic carbocycles. The lowest BCUT2D eigenvalue weighted by molar-refractivity contribution is -0.384. The number of hydrogen-bond donors (Lipinski definition) is 1. The van der Waals surface area contributed by atoms with Gasteiger partial charge in [-0.1, -0.05) is 11.6 Å². The molecule has 1 aromatic rings. The fourth-order valence-electron chi connectivity index (χ4n) is 2.70. The Hall–Kier alpha value is -1.66. The topological polar surface area (TPSA) is 83.7 Å². The molecule has 21 heavy (non-hydrogen) atoms. The highest BCUT2D eigenvalue weighted by Crippen LogP contribution is 2.28. The first-order valence-corrected chi connectivity index (χ1v) is 7.21. The predicted octanol–water partition coefficient (Wildman–Crippen LogP) is 2.62. The van der Waals surface area contributed by atoms with Crippen LogP contribution in [0.25, 0.3) is 0 Å². The van der Waals surface area contributed by atoms with Gasteiger partial charge in [0.05, 0.1) is 11.0 Å². The van der Waals surface area contributed by atoms with Gasteiger partial charge in [0.25, 0.3) is 11.6 Å². The van der Waals surface area contributed by atoms with E-state index in [9.17, 15) is 20.0 Å². The van der Waals surface area contributed by atoms with Crippen LogP contribution in [-0.4, -0.2) is 39.5 Å². The summed E-state index contributed by atoms with van der Waals surface area (Å²) >= 11 is 5.84. The molecule has 2 atom stereocenters. The van der Waals surface area contributed by atoms with Crippen LogP contribution in [-0.2, 0) is 0 Å². The quantitative estimate of drug-likeness (QED) is 0.684. The fourth-order valence-corrected chi connectivity index (χ4v) is 2.95. The van der Waals surface area contributed by atoms with E-state index in [1.54, 1.807) is 11.8 Å². The number of nitro groups is 1. The third-order valence-corrected chi connectivity index (χ3v) is 3.95. The van der Waals surface area contributed by atoms with Crippen LogP contribution in [0.5, 0.6) is 0 Å². The molecule has 6 nitrogen and oxygen atoms in total. The number of hydrogen-bond acceptors (Lipinski definition) is 4. The zero-order valence-corrected chi connectivity index (χ0v) is 12.4. The third kappa shape index (κ3) is 3.51. The van der Waals surface area contributed by atoms with Crippen molar-refractivity contribution in [1.29, 1.82) is 0 Å². The van der Waals surface area contributed by atoms with Crippen molar-refractivity contribution in [3.8, 4) is 0 Å². The minimum Gasteiger partial charge on any atom is -0.393 e. The van der Waals surface area contributed by atoms with E-state index in [1.165, 1.54) is 18.2 Å². The van der Waals surface area contributed by atoms with Gasteiger partial charge in [-0.05, 0) is 38.3 Å². The standard InChI is InChI=1S/C14H17ClN2O4/c1-9(18)7-11-3-2-6-16(11)14(19)10-4-5-13(17(20)21)12(15)8-10/h4-5,8-9,11,18H,2-3,6-7H2,1H3/t9-,11+/m0/s1. The highest BCUT2D eigenvalue weighted by atomic mass is 35.5. The minimum atomic E-state index is -0.581. The molecule has 2 rings (SSSR count). The van der Waals surface area contributed by atoms with Gasteiger partial charge in [-0.25, -0.2) is 0 Å². The maximum atomic E-state index is 12.5. The number of carbonyl (C=O) groups excluding carboxylic acids is 1. The molecule has 1 aliphatic rings. The van der Waals surface area contributed by atoms with Crippen LogP contribution in [0.1, 0.15) is 36.5 Å². The summed E-state index contributed by atoms with van der Waals surface area (Å²) in [5.41, 5.74) is 0.123. The van der Waals surface area contributed by atoms with E-state index in [4.69, 9.17) is 11.6 Å². The average molecular weight is 313 g/mol. The van der Waals surface area contributed by atoms with Crippen molar-refractivity contribution in [3.63, 3.8) is 0 Å². The summed E-state index contributed by atoms with van der Waals surface area (Å²) in [7, 11) is 0. The van der Waals surface area contributed by atoms with Gasteiger partial charge in [-0.15, -0.1) is 0 Å². The first kappa shape index (κ1) is 15.7. The molecule has 0 aliphatic carbocycles. The first-order chi connectivity index (χ1) is 9.90. The van der Waals surface area contributed by atoms with Gasteiger partial charge in [0.2, 0.25) is 0 Å². The Morgan fingerprint density at radius 3 is 2.90 bits per heavy atom. The van der Waals surface area contributed by atoms with E-state index >= 15 is 0 Å². The molecular weight excluding hydrogens is 296 g/mol. The normalized spacial score (nSPS) is 19.6. The van der Waals surface area contributed by atoms with Gasteiger partial charge < -0.3 is 10.0 Å². The molecule has 0 radical (unpaired) electrons. The van der Waals surface area contributed by atoms with Crippen LogP contribution in [0.3, 0.4) is 0 Å². The number of halogens is 1. The van der Waals surface area contributed by atoms with E-state index in [1.807, 2.05) is 0 Å². The molecule has 0 unspecified atom stereocenters. The van der Waals surface area contributed by atoms with Crippen molar-refractivity contribution in [2.75, 3.05) is 6.54 Å². The average Bonchev–Trinajstić information content (AvgIpc) is 2.84. The van der Waals surface area contributed by atoms with Crippen LogP contribution < -0.4 is 0 Å². The molecule has 0 bridgehead atoms. The summed E-state index contributed by atoms with van der Waals surface area (Å²) in [6.07, 6.45) is 1.82. The number of nitrogens with zero attached hydrogens (tertiary/aromatic N) is 2. The largest absolute Gasteiger partial charge is 0.393 e. The van der Waals surface area contributed by atoms with Crippen molar-refractivity contribution < 1.29 is 14.8 Å². The lowest BCUT2D eigenvalue weighted by Gasteiger charge is -2.25. The number of rotatable bonds is 4. The van der Waals surface area contributed by atoms with Gasteiger partial charge in [-0.2, -0.15) is 0 Å². The number of benzene rings is 1. The third-order valence-electron chi connectivity index (χ3n) is 3.64. The van der Waals surface area contributed by atoms with Gasteiger partial charge in [-0.3, -0.25) is 14.9 Å². The lowest BCUT2D eigenvalue weighted by Crippen LogP contribution is -2.37. The fraction of sp³-hybridized carbons (Fsp3) is 0.500. The lowest BCUT2D eigenvalue weighted by atomic mass is 10.1. The van der Waals surface area contributed by atoms with E-state index in [2.05, 4.69) is 0 Å². The number of likely N-dealkylation sites (tertiary alicyclic amines) is 1. The molecule has 1 aliphatic heterocycles.